The first kappa shape index (κ1) is 9.39. The summed E-state index contributed by atoms with van der Waals surface area (Å²) < 4.78 is 0.792. The van der Waals surface area contributed by atoms with Gasteiger partial charge in [0, 0.05) is 6.04 Å². The van der Waals surface area contributed by atoms with Crippen molar-refractivity contribution in [2.45, 2.75) is 19.9 Å². The van der Waals surface area contributed by atoms with Gasteiger partial charge in [-0.25, -0.2) is 9.79 Å². The molecular weight excluding hydrogens is 248 g/mol. The van der Waals surface area contributed by atoms with Crippen molar-refractivity contribution in [2.24, 2.45) is 9.98 Å². The Kier molecular flexibility index (Phi) is 2.14. The average Bonchev–Trinajstić information content (AvgIpc) is 2.43. The SMILES string of the molecule is CC(C)N1C(Br)=CN=C2[N]C(=O)N=C21. The molecule has 2 heterocycles. The average molecular weight is 256 g/mol. The lowest BCUT2D eigenvalue weighted by Gasteiger charge is -2.28. The number of aliphatic imine (C=N–C) groups is 2. The van der Waals surface area contributed by atoms with Crippen LogP contribution in [0, 0.1) is 0 Å². The van der Waals surface area contributed by atoms with Crippen LogP contribution in [0.4, 0.5) is 4.79 Å². The van der Waals surface area contributed by atoms with Gasteiger partial charge < -0.3 is 4.90 Å². The molecule has 0 spiro atoms. The van der Waals surface area contributed by atoms with Gasteiger partial charge in [0.15, 0.2) is 5.84 Å². The maximum Gasteiger partial charge on any atom is 0.371 e. The van der Waals surface area contributed by atoms with Crippen molar-refractivity contribution < 1.29 is 4.79 Å². The largest absolute Gasteiger partial charge is 0.371 e. The van der Waals surface area contributed by atoms with Crippen molar-refractivity contribution in [2.75, 3.05) is 0 Å². The highest BCUT2D eigenvalue weighted by atomic mass is 79.9. The third-order valence-corrected chi connectivity index (χ3v) is 2.46. The van der Waals surface area contributed by atoms with Crippen molar-refractivity contribution in [1.82, 2.24) is 10.2 Å². The first-order valence-electron chi connectivity index (χ1n) is 4.17. The summed E-state index contributed by atoms with van der Waals surface area (Å²) in [7, 11) is 0. The Morgan fingerprint density at radius 3 is 2.86 bits per heavy atom. The third-order valence-electron chi connectivity index (χ3n) is 1.87. The lowest BCUT2D eigenvalue weighted by atomic mass is 10.3. The first-order chi connectivity index (χ1) is 6.59. The predicted octanol–water partition coefficient (Wildman–Crippen LogP) is 1.44. The van der Waals surface area contributed by atoms with Gasteiger partial charge in [0.05, 0.1) is 6.20 Å². The van der Waals surface area contributed by atoms with Gasteiger partial charge in [0.1, 0.15) is 4.61 Å². The number of hydrogen-bond acceptors (Lipinski definition) is 3. The Balaban J connectivity index is 2.43. The summed E-state index contributed by atoms with van der Waals surface area (Å²) >= 11 is 3.36. The second-order valence-corrected chi connectivity index (χ2v) is 4.01. The third kappa shape index (κ3) is 1.35. The Hall–Kier alpha value is -1.17. The van der Waals surface area contributed by atoms with Crippen molar-refractivity contribution >= 4 is 33.6 Å². The molecule has 73 valence electrons. The number of carbonyl (C=O) groups excluding carboxylic acids is 1. The van der Waals surface area contributed by atoms with Gasteiger partial charge in [-0.3, -0.25) is 0 Å². The molecule has 0 saturated heterocycles. The van der Waals surface area contributed by atoms with Crippen LogP contribution in [-0.4, -0.2) is 28.6 Å². The van der Waals surface area contributed by atoms with E-state index in [1.807, 2.05) is 18.7 Å². The van der Waals surface area contributed by atoms with Crippen LogP contribution in [0.3, 0.4) is 0 Å². The van der Waals surface area contributed by atoms with E-state index in [-0.39, 0.29) is 6.04 Å². The van der Waals surface area contributed by atoms with E-state index in [1.165, 1.54) is 0 Å². The molecule has 2 aliphatic rings. The topological polar surface area (TPSA) is 59.1 Å². The van der Waals surface area contributed by atoms with Gasteiger partial charge in [-0.15, -0.1) is 0 Å². The Morgan fingerprint density at radius 1 is 1.50 bits per heavy atom. The van der Waals surface area contributed by atoms with E-state index in [2.05, 4.69) is 31.2 Å². The fraction of sp³-hybridized carbons (Fsp3) is 0.375. The molecule has 0 aromatic carbocycles. The predicted molar refractivity (Wildman–Crippen MR) is 56.4 cm³/mol. The van der Waals surface area contributed by atoms with E-state index in [0.29, 0.717) is 11.7 Å². The molecule has 0 atom stereocenters. The number of nitrogens with zero attached hydrogens (tertiary/aromatic N) is 4. The summed E-state index contributed by atoms with van der Waals surface area (Å²) in [5.74, 6) is 0.922. The molecule has 2 amide bonds. The minimum Gasteiger partial charge on any atom is -0.313 e. The molecule has 0 saturated carbocycles. The lowest BCUT2D eigenvalue weighted by molar-refractivity contribution is 0.253. The number of halogens is 1. The zero-order valence-corrected chi connectivity index (χ0v) is 9.32. The Morgan fingerprint density at radius 2 is 2.21 bits per heavy atom. The minimum absolute atomic E-state index is 0.200. The molecule has 14 heavy (non-hydrogen) atoms. The van der Waals surface area contributed by atoms with Gasteiger partial charge in [-0.2, -0.15) is 10.3 Å². The number of amidine groups is 2. The summed E-state index contributed by atoms with van der Waals surface area (Å²) in [6, 6.07) is -0.286. The molecule has 0 fully saturated rings. The fourth-order valence-electron chi connectivity index (χ4n) is 1.32. The molecule has 0 bridgehead atoms. The van der Waals surface area contributed by atoms with E-state index in [4.69, 9.17) is 0 Å². The number of carbonyl (C=O) groups is 1. The van der Waals surface area contributed by atoms with Crippen LogP contribution in [0.5, 0.6) is 0 Å². The summed E-state index contributed by atoms with van der Waals surface area (Å²) in [6.45, 7) is 4.01. The Bertz CT molecular complexity index is 383. The number of fused-ring (bicyclic) bond motifs is 1. The molecule has 0 aromatic heterocycles. The van der Waals surface area contributed by atoms with Crippen LogP contribution >= 0.6 is 15.9 Å². The van der Waals surface area contributed by atoms with Crippen LogP contribution in [0.25, 0.3) is 0 Å². The molecular formula is C8H8BrN4O. The highest BCUT2D eigenvalue weighted by molar-refractivity contribution is 9.11. The summed E-state index contributed by atoms with van der Waals surface area (Å²) in [5, 5.41) is 3.68. The van der Waals surface area contributed by atoms with E-state index < -0.39 is 6.03 Å². The molecule has 0 unspecified atom stereocenters. The molecule has 6 heteroatoms. The Labute approximate surface area is 89.7 Å². The zero-order chi connectivity index (χ0) is 10.3. The molecule has 0 aliphatic carbocycles. The molecule has 0 aromatic rings. The smallest absolute Gasteiger partial charge is 0.313 e. The second-order valence-electron chi connectivity index (χ2n) is 3.20. The summed E-state index contributed by atoms with van der Waals surface area (Å²) in [6.07, 6.45) is 1.62. The second kappa shape index (κ2) is 3.20. The van der Waals surface area contributed by atoms with Crippen LogP contribution in [-0.2, 0) is 0 Å². The summed E-state index contributed by atoms with van der Waals surface area (Å²) in [5.41, 5.74) is 0. The number of urea groups is 1. The van der Waals surface area contributed by atoms with E-state index >= 15 is 0 Å². The lowest BCUT2D eigenvalue weighted by Crippen LogP contribution is -2.41. The first-order valence-corrected chi connectivity index (χ1v) is 4.96. The normalized spacial score (nSPS) is 20.1. The zero-order valence-electron chi connectivity index (χ0n) is 7.73. The van der Waals surface area contributed by atoms with E-state index in [9.17, 15) is 4.79 Å². The fourth-order valence-corrected chi connectivity index (χ4v) is 2.00. The highest BCUT2D eigenvalue weighted by Crippen LogP contribution is 2.22. The standard InChI is InChI=1S/C8H8BrN4O/c1-4(2)13-5(9)3-10-6-7(13)12-8(14)11-6/h3-4H,1-2H3. The maximum absolute atomic E-state index is 11.0. The van der Waals surface area contributed by atoms with Crippen LogP contribution in [0.2, 0.25) is 0 Å². The van der Waals surface area contributed by atoms with Crippen molar-refractivity contribution in [3.8, 4) is 0 Å². The van der Waals surface area contributed by atoms with Gasteiger partial charge in [0.2, 0.25) is 5.84 Å². The van der Waals surface area contributed by atoms with Crippen molar-refractivity contribution in [3.63, 3.8) is 0 Å². The molecule has 2 aliphatic heterocycles. The summed E-state index contributed by atoms with van der Waals surface area (Å²) in [4.78, 5) is 20.7. The molecule has 0 N–H and O–H groups in total. The van der Waals surface area contributed by atoms with Crippen molar-refractivity contribution in [1.29, 1.82) is 0 Å². The minimum atomic E-state index is -0.486. The number of amides is 2. The van der Waals surface area contributed by atoms with Gasteiger partial charge in [-0.05, 0) is 29.8 Å². The van der Waals surface area contributed by atoms with Gasteiger partial charge >= 0.3 is 6.03 Å². The quantitative estimate of drug-likeness (QED) is 0.666. The number of rotatable bonds is 1. The van der Waals surface area contributed by atoms with Gasteiger partial charge in [-0.1, -0.05) is 0 Å². The van der Waals surface area contributed by atoms with Crippen molar-refractivity contribution in [3.05, 3.63) is 10.8 Å². The van der Waals surface area contributed by atoms with Gasteiger partial charge in [0.25, 0.3) is 0 Å². The molecule has 5 nitrogen and oxygen atoms in total. The molecule has 1 radical (unpaired) electrons. The van der Waals surface area contributed by atoms with Crippen LogP contribution in [0.1, 0.15) is 13.8 Å². The highest BCUT2D eigenvalue weighted by Gasteiger charge is 2.33. The van der Waals surface area contributed by atoms with E-state index in [0.717, 1.165) is 4.61 Å². The number of hydrogen-bond donors (Lipinski definition) is 0. The van der Waals surface area contributed by atoms with Crippen LogP contribution in [0.15, 0.2) is 20.8 Å². The maximum atomic E-state index is 11.0. The van der Waals surface area contributed by atoms with E-state index in [1.54, 1.807) is 6.20 Å². The molecule has 2 rings (SSSR count). The monoisotopic (exact) mass is 255 g/mol. The van der Waals surface area contributed by atoms with Crippen LogP contribution < -0.4 is 5.32 Å².